The molecule has 2 rings (SSSR count). The number of nitrogens with one attached hydrogen (secondary N) is 1. The lowest BCUT2D eigenvalue weighted by atomic mass is 10.0. The Morgan fingerprint density at radius 1 is 1.39 bits per heavy atom. The minimum absolute atomic E-state index is 0.173. The molecule has 6 nitrogen and oxygen atoms in total. The molecule has 0 saturated heterocycles. The number of fused-ring (bicyclic) bond motifs is 1. The number of carboxylic acids is 1. The van der Waals surface area contributed by atoms with Crippen LogP contribution in [0.25, 0.3) is 5.65 Å². The molecule has 0 saturated carbocycles. The number of rotatable bonds is 6. The van der Waals surface area contributed by atoms with Crippen molar-refractivity contribution in [2.24, 2.45) is 5.92 Å². The zero-order valence-corrected chi connectivity index (χ0v) is 14.0. The molecule has 2 aromatic rings. The van der Waals surface area contributed by atoms with Crippen LogP contribution in [0.5, 0.6) is 0 Å². The van der Waals surface area contributed by atoms with E-state index in [1.54, 1.807) is 10.6 Å². The summed E-state index contributed by atoms with van der Waals surface area (Å²) >= 11 is 0. The summed E-state index contributed by atoms with van der Waals surface area (Å²) in [5.74, 6) is -1.24. The van der Waals surface area contributed by atoms with Crippen molar-refractivity contribution in [3.63, 3.8) is 0 Å². The number of carbonyl (C=O) groups excluding carboxylic acids is 1. The van der Waals surface area contributed by atoms with Gasteiger partial charge in [0.1, 0.15) is 17.4 Å². The zero-order valence-electron chi connectivity index (χ0n) is 14.0. The number of pyridine rings is 1. The molecule has 0 aliphatic rings. The fourth-order valence-corrected chi connectivity index (χ4v) is 2.60. The van der Waals surface area contributed by atoms with Gasteiger partial charge in [-0.05, 0) is 43.4 Å². The van der Waals surface area contributed by atoms with Crippen LogP contribution in [0, 0.1) is 12.8 Å². The monoisotopic (exact) mass is 317 g/mol. The van der Waals surface area contributed by atoms with E-state index in [2.05, 4.69) is 10.3 Å². The van der Waals surface area contributed by atoms with Crippen LogP contribution < -0.4 is 5.32 Å². The lowest BCUT2D eigenvalue weighted by Crippen LogP contribution is -2.42. The quantitative estimate of drug-likeness (QED) is 0.857. The van der Waals surface area contributed by atoms with Crippen LogP contribution in [-0.4, -0.2) is 32.4 Å². The molecule has 6 heteroatoms. The van der Waals surface area contributed by atoms with Crippen molar-refractivity contribution in [1.82, 2.24) is 14.7 Å². The maximum Gasteiger partial charge on any atom is 0.326 e. The van der Waals surface area contributed by atoms with E-state index < -0.39 is 17.9 Å². The van der Waals surface area contributed by atoms with Gasteiger partial charge in [-0.3, -0.25) is 9.20 Å². The maximum atomic E-state index is 12.6. The van der Waals surface area contributed by atoms with Crippen LogP contribution in [0.4, 0.5) is 0 Å². The van der Waals surface area contributed by atoms with Gasteiger partial charge in [0, 0.05) is 6.20 Å². The Morgan fingerprint density at radius 2 is 2.09 bits per heavy atom. The number of aromatic nitrogens is 2. The summed E-state index contributed by atoms with van der Waals surface area (Å²) in [5, 5.41) is 11.9. The van der Waals surface area contributed by atoms with Gasteiger partial charge in [0.25, 0.3) is 5.91 Å². The smallest absolute Gasteiger partial charge is 0.326 e. The number of imidazole rings is 1. The molecule has 2 heterocycles. The Kier molecular flexibility index (Phi) is 5.03. The summed E-state index contributed by atoms with van der Waals surface area (Å²) in [6.45, 7) is 7.74. The Balaban J connectivity index is 2.38. The van der Waals surface area contributed by atoms with Gasteiger partial charge in [-0.25, -0.2) is 9.78 Å². The molecule has 124 valence electrons. The van der Waals surface area contributed by atoms with Crippen molar-refractivity contribution in [2.45, 2.75) is 46.6 Å². The molecule has 2 N–H and O–H groups in total. The van der Waals surface area contributed by atoms with Gasteiger partial charge in [0.15, 0.2) is 0 Å². The van der Waals surface area contributed by atoms with Crippen LogP contribution >= 0.6 is 0 Å². The van der Waals surface area contributed by atoms with E-state index >= 15 is 0 Å². The molecule has 1 unspecified atom stereocenters. The molecule has 0 aliphatic heterocycles. The highest BCUT2D eigenvalue weighted by Gasteiger charge is 2.25. The van der Waals surface area contributed by atoms with E-state index in [-0.39, 0.29) is 5.92 Å². The average Bonchev–Trinajstić information content (AvgIpc) is 2.83. The number of carboxylic acid groups (broad SMARTS) is 1. The molecule has 1 amide bonds. The topological polar surface area (TPSA) is 83.7 Å². The van der Waals surface area contributed by atoms with E-state index in [9.17, 15) is 14.7 Å². The third-order valence-corrected chi connectivity index (χ3v) is 3.71. The highest BCUT2D eigenvalue weighted by Crippen LogP contribution is 2.16. The van der Waals surface area contributed by atoms with Gasteiger partial charge in [-0.2, -0.15) is 0 Å². The number of nitrogens with zero attached hydrogens (tertiary/aromatic N) is 2. The first-order valence-corrected chi connectivity index (χ1v) is 7.84. The van der Waals surface area contributed by atoms with Gasteiger partial charge < -0.3 is 10.4 Å². The zero-order chi connectivity index (χ0) is 17.1. The van der Waals surface area contributed by atoms with Gasteiger partial charge in [-0.15, -0.1) is 0 Å². The molecule has 0 bridgehead atoms. The molecular weight excluding hydrogens is 294 g/mol. The second-order valence-corrected chi connectivity index (χ2v) is 6.19. The number of hydrogen-bond acceptors (Lipinski definition) is 3. The van der Waals surface area contributed by atoms with E-state index in [1.165, 1.54) is 0 Å². The largest absolute Gasteiger partial charge is 0.480 e. The number of aryl methyl sites for hydroxylation is 2. The van der Waals surface area contributed by atoms with Crippen molar-refractivity contribution >= 4 is 17.5 Å². The van der Waals surface area contributed by atoms with Crippen molar-refractivity contribution in [2.75, 3.05) is 0 Å². The normalized spacial score (nSPS) is 12.6. The Labute approximate surface area is 135 Å². The third kappa shape index (κ3) is 3.70. The lowest BCUT2D eigenvalue weighted by molar-refractivity contribution is -0.139. The average molecular weight is 317 g/mol. The van der Waals surface area contributed by atoms with Crippen molar-refractivity contribution < 1.29 is 14.7 Å². The molecule has 0 spiro atoms. The minimum atomic E-state index is -1.02. The number of aliphatic carboxylic acids is 1. The first-order valence-electron chi connectivity index (χ1n) is 7.84. The van der Waals surface area contributed by atoms with Crippen molar-refractivity contribution in [1.29, 1.82) is 0 Å². The summed E-state index contributed by atoms with van der Waals surface area (Å²) in [5.41, 5.74) is 2.84. The molecular formula is C17H23N3O3. The van der Waals surface area contributed by atoms with E-state index in [4.69, 9.17) is 0 Å². The van der Waals surface area contributed by atoms with E-state index in [1.807, 2.05) is 39.8 Å². The van der Waals surface area contributed by atoms with Gasteiger partial charge >= 0.3 is 5.97 Å². The van der Waals surface area contributed by atoms with Crippen molar-refractivity contribution in [3.05, 3.63) is 35.3 Å². The van der Waals surface area contributed by atoms with Crippen molar-refractivity contribution in [3.8, 4) is 0 Å². The molecule has 23 heavy (non-hydrogen) atoms. The standard InChI is InChI=1S/C17H23N3O3/c1-5-12-15(20-7-6-11(4)9-14(20)18-12)16(21)19-13(17(22)23)8-10(2)3/h6-7,9-10,13H,5,8H2,1-4H3,(H,19,21)(H,22,23). The summed E-state index contributed by atoms with van der Waals surface area (Å²) in [7, 11) is 0. The Bertz CT molecular complexity index is 734. The predicted molar refractivity (Wildman–Crippen MR) is 87.7 cm³/mol. The molecule has 0 radical (unpaired) electrons. The SMILES string of the molecule is CCc1nc2cc(C)ccn2c1C(=O)NC(CC(C)C)C(=O)O. The molecule has 1 atom stereocenters. The summed E-state index contributed by atoms with van der Waals surface area (Å²) in [6.07, 6.45) is 2.79. The molecule has 0 fully saturated rings. The van der Waals surface area contributed by atoms with Crippen LogP contribution in [0.2, 0.25) is 0 Å². The number of carbonyl (C=O) groups is 2. The lowest BCUT2D eigenvalue weighted by Gasteiger charge is -2.16. The second-order valence-electron chi connectivity index (χ2n) is 6.19. The Hall–Kier alpha value is -2.37. The van der Waals surface area contributed by atoms with E-state index in [0.717, 1.165) is 5.56 Å². The fraction of sp³-hybridized carbons (Fsp3) is 0.471. The highest BCUT2D eigenvalue weighted by molar-refractivity contribution is 5.97. The molecule has 2 aromatic heterocycles. The third-order valence-electron chi connectivity index (χ3n) is 3.71. The summed E-state index contributed by atoms with van der Waals surface area (Å²) in [4.78, 5) is 28.5. The van der Waals surface area contributed by atoms with Crippen LogP contribution in [0.15, 0.2) is 18.3 Å². The second kappa shape index (κ2) is 6.81. The van der Waals surface area contributed by atoms with Crippen LogP contribution in [-0.2, 0) is 11.2 Å². The summed E-state index contributed by atoms with van der Waals surface area (Å²) in [6, 6.07) is 2.90. The number of hydrogen-bond donors (Lipinski definition) is 2. The highest BCUT2D eigenvalue weighted by atomic mass is 16.4. The minimum Gasteiger partial charge on any atom is -0.480 e. The first kappa shape index (κ1) is 17.0. The van der Waals surface area contributed by atoms with E-state index in [0.29, 0.717) is 29.9 Å². The first-order chi connectivity index (χ1) is 10.8. The van der Waals surface area contributed by atoms with Gasteiger partial charge in [0.05, 0.1) is 5.69 Å². The maximum absolute atomic E-state index is 12.6. The Morgan fingerprint density at radius 3 is 2.65 bits per heavy atom. The predicted octanol–water partition coefficient (Wildman–Crippen LogP) is 2.43. The fourth-order valence-electron chi connectivity index (χ4n) is 2.60. The van der Waals surface area contributed by atoms with Gasteiger partial charge in [-0.1, -0.05) is 20.8 Å². The molecule has 0 aromatic carbocycles. The van der Waals surface area contributed by atoms with Gasteiger partial charge in [0.2, 0.25) is 0 Å². The van der Waals surface area contributed by atoms with Crippen LogP contribution in [0.1, 0.15) is 48.9 Å². The number of amides is 1. The van der Waals surface area contributed by atoms with Crippen LogP contribution in [0.3, 0.4) is 0 Å². The molecule has 0 aliphatic carbocycles. The summed E-state index contributed by atoms with van der Waals surface area (Å²) < 4.78 is 1.72.